The standard InChI is InChI=1S/C30H46N2O4/c1-8-36-27(34)20-13-15-29(6)21(17-20)9-10-22-23-11-12-25(30(23,7)16-14-24(22)29)26(33)32(19(4)5)28(35)31-18(2)3/h9,17-19,22-25H,8,10-16H2,1-7H3,(H,31,35)/t22-,23-,24-,25+,29-,30-/m0/s1. The topological polar surface area (TPSA) is 75.7 Å². The van der Waals surface area contributed by atoms with Crippen LogP contribution in [0.1, 0.15) is 93.4 Å². The molecule has 3 amide bonds. The lowest BCUT2D eigenvalue weighted by Crippen LogP contribution is -2.55. The zero-order valence-corrected chi connectivity index (χ0v) is 23.4. The molecule has 1 N–H and O–H groups in total. The van der Waals surface area contributed by atoms with Gasteiger partial charge in [0, 0.05) is 23.6 Å². The molecule has 0 heterocycles. The third-order valence-corrected chi connectivity index (χ3v) is 9.99. The third kappa shape index (κ3) is 4.43. The van der Waals surface area contributed by atoms with Crippen LogP contribution in [0.2, 0.25) is 0 Å². The number of carbonyl (C=O) groups is 3. The van der Waals surface area contributed by atoms with Gasteiger partial charge in [0.1, 0.15) is 0 Å². The van der Waals surface area contributed by atoms with Crippen LogP contribution in [0, 0.1) is 34.5 Å². The van der Waals surface area contributed by atoms with E-state index in [-0.39, 0.29) is 46.7 Å². The fourth-order valence-electron chi connectivity index (χ4n) is 8.19. The summed E-state index contributed by atoms with van der Waals surface area (Å²) in [6, 6.07) is -0.446. The lowest BCUT2D eigenvalue weighted by atomic mass is 9.48. The first-order valence-corrected chi connectivity index (χ1v) is 14.2. The number of ether oxygens (including phenoxy) is 1. The summed E-state index contributed by atoms with van der Waals surface area (Å²) in [6.07, 6.45) is 11.3. The summed E-state index contributed by atoms with van der Waals surface area (Å²) in [6.45, 7) is 14.7. The average molecular weight is 499 g/mol. The molecule has 4 aliphatic carbocycles. The van der Waals surface area contributed by atoms with E-state index in [1.807, 2.05) is 34.6 Å². The monoisotopic (exact) mass is 498 g/mol. The van der Waals surface area contributed by atoms with Crippen LogP contribution in [0.15, 0.2) is 23.3 Å². The van der Waals surface area contributed by atoms with Gasteiger partial charge in [0.2, 0.25) is 5.91 Å². The number of hydrogen-bond acceptors (Lipinski definition) is 4. The van der Waals surface area contributed by atoms with Crippen molar-refractivity contribution in [2.45, 2.75) is 105 Å². The summed E-state index contributed by atoms with van der Waals surface area (Å²) in [5, 5.41) is 2.93. The van der Waals surface area contributed by atoms with Gasteiger partial charge in [-0.1, -0.05) is 19.9 Å². The van der Waals surface area contributed by atoms with E-state index in [0.717, 1.165) is 50.5 Å². The quantitative estimate of drug-likeness (QED) is 0.470. The van der Waals surface area contributed by atoms with Crippen LogP contribution in [0.4, 0.5) is 4.79 Å². The highest BCUT2D eigenvalue weighted by molar-refractivity contribution is 5.96. The predicted octanol–water partition coefficient (Wildman–Crippen LogP) is 6.02. The first-order valence-electron chi connectivity index (χ1n) is 14.2. The summed E-state index contributed by atoms with van der Waals surface area (Å²) < 4.78 is 5.28. The van der Waals surface area contributed by atoms with Crippen molar-refractivity contribution in [3.63, 3.8) is 0 Å². The van der Waals surface area contributed by atoms with Gasteiger partial charge in [-0.15, -0.1) is 0 Å². The number of hydrogen-bond donors (Lipinski definition) is 1. The normalized spacial score (nSPS) is 35.2. The highest BCUT2D eigenvalue weighted by atomic mass is 16.5. The van der Waals surface area contributed by atoms with E-state index >= 15 is 0 Å². The van der Waals surface area contributed by atoms with E-state index in [9.17, 15) is 14.4 Å². The Kier molecular flexibility index (Phi) is 7.47. The second kappa shape index (κ2) is 9.98. The molecule has 0 aromatic rings. The lowest BCUT2D eigenvalue weighted by molar-refractivity contribution is -0.140. The molecule has 0 aromatic carbocycles. The Labute approximate surface area is 217 Å². The molecular formula is C30H46N2O4. The smallest absolute Gasteiger partial charge is 0.333 e. The highest BCUT2D eigenvalue weighted by Crippen LogP contribution is 2.66. The Morgan fingerprint density at radius 3 is 2.44 bits per heavy atom. The second-order valence-electron chi connectivity index (χ2n) is 12.7. The number of fused-ring (bicyclic) bond motifs is 5. The molecule has 200 valence electrons. The van der Waals surface area contributed by atoms with E-state index in [4.69, 9.17) is 4.74 Å². The number of nitrogens with one attached hydrogen (secondary N) is 1. The van der Waals surface area contributed by atoms with Crippen molar-refractivity contribution in [3.8, 4) is 0 Å². The van der Waals surface area contributed by atoms with Gasteiger partial charge in [-0.25, -0.2) is 9.59 Å². The van der Waals surface area contributed by atoms with Gasteiger partial charge >= 0.3 is 12.0 Å². The molecule has 2 saturated carbocycles. The molecule has 0 saturated heterocycles. The van der Waals surface area contributed by atoms with E-state index in [1.54, 1.807) is 0 Å². The van der Waals surface area contributed by atoms with Crippen LogP contribution in [0.3, 0.4) is 0 Å². The average Bonchev–Trinajstić information content (AvgIpc) is 3.15. The molecule has 36 heavy (non-hydrogen) atoms. The summed E-state index contributed by atoms with van der Waals surface area (Å²) in [5.41, 5.74) is 2.11. The molecule has 0 aliphatic heterocycles. The van der Waals surface area contributed by atoms with Gasteiger partial charge in [0.15, 0.2) is 0 Å². The summed E-state index contributed by atoms with van der Waals surface area (Å²) in [4.78, 5) is 40.7. The van der Waals surface area contributed by atoms with Gasteiger partial charge in [-0.3, -0.25) is 9.69 Å². The maximum absolute atomic E-state index is 13.9. The molecule has 6 heteroatoms. The van der Waals surface area contributed by atoms with E-state index in [0.29, 0.717) is 24.4 Å². The van der Waals surface area contributed by atoms with Gasteiger partial charge in [0.25, 0.3) is 0 Å². The number of amides is 3. The number of nitrogens with zero attached hydrogens (tertiary/aromatic N) is 1. The Morgan fingerprint density at radius 1 is 1.08 bits per heavy atom. The van der Waals surface area contributed by atoms with Crippen molar-refractivity contribution in [2.24, 2.45) is 34.5 Å². The molecule has 0 bridgehead atoms. The lowest BCUT2D eigenvalue weighted by Gasteiger charge is -2.57. The largest absolute Gasteiger partial charge is 0.463 e. The van der Waals surface area contributed by atoms with E-state index in [1.165, 1.54) is 10.5 Å². The van der Waals surface area contributed by atoms with Crippen LogP contribution in [0.5, 0.6) is 0 Å². The van der Waals surface area contributed by atoms with Crippen molar-refractivity contribution in [2.75, 3.05) is 6.61 Å². The molecule has 4 rings (SSSR count). The number of esters is 1. The van der Waals surface area contributed by atoms with Gasteiger partial charge in [0.05, 0.1) is 6.61 Å². The van der Waals surface area contributed by atoms with Gasteiger partial charge in [-0.05, 0) is 120 Å². The number of carbonyl (C=O) groups excluding carboxylic acids is 3. The number of allylic oxidation sites excluding steroid dienone is 3. The van der Waals surface area contributed by atoms with Crippen molar-refractivity contribution < 1.29 is 19.1 Å². The molecule has 4 aliphatic rings. The molecule has 0 radical (unpaired) electrons. The molecule has 2 fully saturated rings. The first-order chi connectivity index (χ1) is 16.9. The summed E-state index contributed by atoms with van der Waals surface area (Å²) in [5.74, 6) is 1.32. The minimum Gasteiger partial charge on any atom is -0.463 e. The zero-order chi connectivity index (χ0) is 26.4. The Balaban J connectivity index is 1.57. The molecule has 6 nitrogen and oxygen atoms in total. The summed E-state index contributed by atoms with van der Waals surface area (Å²) in [7, 11) is 0. The fourth-order valence-corrected chi connectivity index (χ4v) is 8.19. The van der Waals surface area contributed by atoms with Gasteiger partial charge in [-0.2, -0.15) is 0 Å². The Morgan fingerprint density at radius 2 is 1.81 bits per heavy atom. The van der Waals surface area contributed by atoms with E-state index < -0.39 is 0 Å². The molecule has 0 aromatic heterocycles. The molecule has 0 unspecified atom stereocenters. The number of urea groups is 1. The van der Waals surface area contributed by atoms with Crippen molar-refractivity contribution >= 4 is 17.9 Å². The zero-order valence-electron chi connectivity index (χ0n) is 23.4. The maximum atomic E-state index is 13.9. The number of rotatable bonds is 5. The first kappa shape index (κ1) is 26.9. The highest BCUT2D eigenvalue weighted by Gasteiger charge is 2.60. The second-order valence-corrected chi connectivity index (χ2v) is 12.7. The minimum atomic E-state index is -0.269. The van der Waals surface area contributed by atoms with Crippen molar-refractivity contribution in [1.82, 2.24) is 10.2 Å². The van der Waals surface area contributed by atoms with E-state index in [2.05, 4.69) is 31.3 Å². The SMILES string of the molecule is CCOC(=O)C1=CC2=CC[C@H]3[C@@H]4CC[C@H](C(=O)N(C(=O)NC(C)C)C(C)C)[C@@]4(C)CC[C@@H]3[C@@]2(C)CC1. The van der Waals surface area contributed by atoms with Crippen LogP contribution < -0.4 is 5.32 Å². The predicted molar refractivity (Wildman–Crippen MR) is 141 cm³/mol. The summed E-state index contributed by atoms with van der Waals surface area (Å²) >= 11 is 0. The van der Waals surface area contributed by atoms with Crippen LogP contribution in [-0.2, 0) is 14.3 Å². The Hall–Kier alpha value is -2.11. The van der Waals surface area contributed by atoms with Crippen LogP contribution in [0.25, 0.3) is 0 Å². The molecule has 6 atom stereocenters. The van der Waals surface area contributed by atoms with Crippen LogP contribution in [-0.4, -0.2) is 41.5 Å². The third-order valence-electron chi connectivity index (χ3n) is 9.99. The maximum Gasteiger partial charge on any atom is 0.333 e. The molecule has 0 spiro atoms. The van der Waals surface area contributed by atoms with Crippen LogP contribution >= 0.6 is 0 Å². The minimum absolute atomic E-state index is 0.00419. The fraction of sp³-hybridized carbons (Fsp3) is 0.767. The Bertz CT molecular complexity index is 966. The van der Waals surface area contributed by atoms with Gasteiger partial charge < -0.3 is 10.1 Å². The van der Waals surface area contributed by atoms with Crippen molar-refractivity contribution in [3.05, 3.63) is 23.3 Å². The number of imide groups is 1. The molecular weight excluding hydrogens is 452 g/mol. The van der Waals surface area contributed by atoms with Crippen molar-refractivity contribution in [1.29, 1.82) is 0 Å².